The lowest BCUT2D eigenvalue weighted by Crippen LogP contribution is -2.45. The Morgan fingerprint density at radius 2 is 1.79 bits per heavy atom. The zero-order valence-electron chi connectivity index (χ0n) is 19.5. The van der Waals surface area contributed by atoms with E-state index in [9.17, 15) is 4.79 Å². The van der Waals surface area contributed by atoms with Gasteiger partial charge in [-0.05, 0) is 45.2 Å². The number of fused-ring (bicyclic) bond motifs is 1. The third kappa shape index (κ3) is 4.45. The number of hydrogen-bond acceptors (Lipinski definition) is 7. The molecule has 33 heavy (non-hydrogen) atoms. The number of likely N-dealkylation sites (N-methyl/N-ethyl adjacent to an activating group) is 1. The number of nitrogens with one attached hydrogen (secondary N) is 2. The second-order valence-corrected chi connectivity index (χ2v) is 9.49. The molecule has 1 aliphatic heterocycles. The molecule has 1 aliphatic carbocycles. The van der Waals surface area contributed by atoms with Crippen molar-refractivity contribution in [3.63, 3.8) is 0 Å². The number of H-pyrrole nitrogens is 1. The Kier molecular flexibility index (Phi) is 6.03. The van der Waals surface area contributed by atoms with E-state index in [0.717, 1.165) is 68.6 Å². The molecule has 8 nitrogen and oxygen atoms in total. The zero-order valence-corrected chi connectivity index (χ0v) is 19.5. The first kappa shape index (κ1) is 21.9. The molecule has 0 atom stereocenters. The Bertz CT molecular complexity index is 1140. The quantitative estimate of drug-likeness (QED) is 0.517. The van der Waals surface area contributed by atoms with Gasteiger partial charge in [0.15, 0.2) is 5.78 Å². The minimum absolute atomic E-state index is 0.0102. The summed E-state index contributed by atoms with van der Waals surface area (Å²) in [7, 11) is 2.14. The number of carbonyl (C=O) groups is 1. The highest BCUT2D eigenvalue weighted by molar-refractivity contribution is 6.18. The molecule has 0 spiro atoms. The number of carbonyl (C=O) groups excluding carboxylic acids is 1. The standard InChI is InChI=1S/C25H33N7O/c1-16-5-3-4-6-19(16)22(33)20-15-27-23-21(20)24(28-18-9-7-17(26)8-10-18)30-25(29-23)32-13-11-31(2)12-14-32/h3-6,15,17-18H,7-14,26H2,1-2H3,(H2,27,28,29,30). The molecular formula is C25H33N7O. The van der Waals surface area contributed by atoms with Crippen molar-refractivity contribution < 1.29 is 4.79 Å². The van der Waals surface area contributed by atoms with E-state index in [0.29, 0.717) is 28.8 Å². The van der Waals surface area contributed by atoms with E-state index in [2.05, 4.69) is 27.1 Å². The van der Waals surface area contributed by atoms with Gasteiger partial charge in [-0.25, -0.2) is 0 Å². The molecule has 0 unspecified atom stereocenters. The molecule has 1 saturated heterocycles. The van der Waals surface area contributed by atoms with Crippen molar-refractivity contribution in [2.24, 2.45) is 5.73 Å². The number of aryl methyl sites for hydroxylation is 1. The van der Waals surface area contributed by atoms with Crippen molar-refractivity contribution in [2.45, 2.75) is 44.7 Å². The van der Waals surface area contributed by atoms with Gasteiger partial charge >= 0.3 is 0 Å². The molecule has 0 bridgehead atoms. The molecule has 1 aromatic carbocycles. The minimum atomic E-state index is -0.0102. The molecule has 8 heteroatoms. The summed E-state index contributed by atoms with van der Waals surface area (Å²) in [6.07, 6.45) is 5.78. The van der Waals surface area contributed by atoms with Gasteiger partial charge < -0.3 is 25.8 Å². The van der Waals surface area contributed by atoms with E-state index < -0.39 is 0 Å². The van der Waals surface area contributed by atoms with Gasteiger partial charge in [0.1, 0.15) is 11.5 Å². The van der Waals surface area contributed by atoms with Crippen LogP contribution in [0.5, 0.6) is 0 Å². The Morgan fingerprint density at radius 1 is 1.06 bits per heavy atom. The van der Waals surface area contributed by atoms with E-state index in [1.807, 2.05) is 31.2 Å². The minimum Gasteiger partial charge on any atom is -0.367 e. The number of aromatic amines is 1. The fraction of sp³-hybridized carbons (Fsp3) is 0.480. The SMILES string of the molecule is Cc1ccccc1C(=O)c1c[nH]c2nc(N3CCN(C)CC3)nc(NC3CCC(N)CC3)c12. The van der Waals surface area contributed by atoms with Crippen LogP contribution < -0.4 is 16.0 Å². The lowest BCUT2D eigenvalue weighted by atomic mass is 9.91. The topological polar surface area (TPSA) is 103 Å². The third-order valence-electron chi connectivity index (χ3n) is 7.05. The van der Waals surface area contributed by atoms with Crippen LogP contribution in [-0.4, -0.2) is 70.9 Å². The highest BCUT2D eigenvalue weighted by Gasteiger charge is 2.26. The Hall–Kier alpha value is -2.97. The van der Waals surface area contributed by atoms with Crippen molar-refractivity contribution in [1.29, 1.82) is 0 Å². The first-order valence-corrected chi connectivity index (χ1v) is 11.9. The molecule has 174 valence electrons. The van der Waals surface area contributed by atoms with Crippen LogP contribution in [0.3, 0.4) is 0 Å². The zero-order chi connectivity index (χ0) is 22.9. The van der Waals surface area contributed by atoms with Crippen molar-refractivity contribution in [2.75, 3.05) is 43.4 Å². The summed E-state index contributed by atoms with van der Waals surface area (Å²) in [4.78, 5) is 31.1. The molecule has 4 N–H and O–H groups in total. The van der Waals surface area contributed by atoms with Gasteiger partial charge in [0.2, 0.25) is 5.95 Å². The van der Waals surface area contributed by atoms with Crippen LogP contribution in [0.15, 0.2) is 30.5 Å². The van der Waals surface area contributed by atoms with Crippen LogP contribution >= 0.6 is 0 Å². The number of nitrogens with zero attached hydrogens (tertiary/aromatic N) is 4. The second-order valence-electron chi connectivity index (χ2n) is 9.49. The van der Waals surface area contributed by atoms with E-state index in [1.165, 1.54) is 0 Å². The molecule has 5 rings (SSSR count). The number of rotatable bonds is 5. The molecule has 2 fully saturated rings. The van der Waals surface area contributed by atoms with Crippen LogP contribution in [0, 0.1) is 6.92 Å². The summed E-state index contributed by atoms with van der Waals surface area (Å²) < 4.78 is 0. The summed E-state index contributed by atoms with van der Waals surface area (Å²) in [5, 5.41) is 4.44. The van der Waals surface area contributed by atoms with Gasteiger partial charge in [0.05, 0.1) is 10.9 Å². The normalized spacial score (nSPS) is 22.0. The predicted molar refractivity (Wildman–Crippen MR) is 132 cm³/mol. The van der Waals surface area contributed by atoms with Crippen molar-refractivity contribution in [1.82, 2.24) is 19.9 Å². The maximum atomic E-state index is 13.5. The van der Waals surface area contributed by atoms with Crippen LogP contribution in [0.2, 0.25) is 0 Å². The number of benzene rings is 1. The van der Waals surface area contributed by atoms with Gasteiger partial charge in [0.25, 0.3) is 0 Å². The smallest absolute Gasteiger partial charge is 0.229 e. The summed E-state index contributed by atoms with van der Waals surface area (Å²) in [5.74, 6) is 1.44. The van der Waals surface area contributed by atoms with Crippen molar-refractivity contribution in [3.8, 4) is 0 Å². The van der Waals surface area contributed by atoms with Gasteiger partial charge in [-0.15, -0.1) is 0 Å². The lowest BCUT2D eigenvalue weighted by Gasteiger charge is -2.33. The third-order valence-corrected chi connectivity index (χ3v) is 7.05. The first-order valence-electron chi connectivity index (χ1n) is 11.9. The molecule has 1 saturated carbocycles. The molecule has 0 radical (unpaired) electrons. The largest absolute Gasteiger partial charge is 0.367 e. The summed E-state index contributed by atoms with van der Waals surface area (Å²) in [6, 6.07) is 8.27. The monoisotopic (exact) mass is 447 g/mol. The van der Waals surface area contributed by atoms with Crippen LogP contribution in [-0.2, 0) is 0 Å². The second kappa shape index (κ2) is 9.11. The van der Waals surface area contributed by atoms with Gasteiger partial charge in [0, 0.05) is 50.0 Å². The van der Waals surface area contributed by atoms with Gasteiger partial charge in [-0.3, -0.25) is 4.79 Å². The highest BCUT2D eigenvalue weighted by Crippen LogP contribution is 2.31. The average molecular weight is 448 g/mol. The lowest BCUT2D eigenvalue weighted by molar-refractivity contribution is 0.103. The van der Waals surface area contributed by atoms with E-state index in [-0.39, 0.29) is 11.8 Å². The number of piperazine rings is 1. The number of aromatic nitrogens is 3. The number of ketones is 1. The summed E-state index contributed by atoms with van der Waals surface area (Å²) in [5.41, 5.74) is 9.10. The summed E-state index contributed by atoms with van der Waals surface area (Å²) >= 11 is 0. The molecule has 0 amide bonds. The average Bonchev–Trinajstić information content (AvgIpc) is 3.25. The van der Waals surface area contributed by atoms with Crippen molar-refractivity contribution in [3.05, 3.63) is 47.2 Å². The number of nitrogens with two attached hydrogens (primary N) is 1. The molecule has 2 aromatic heterocycles. The fourth-order valence-electron chi connectivity index (χ4n) is 4.88. The maximum absolute atomic E-state index is 13.5. The van der Waals surface area contributed by atoms with Crippen molar-refractivity contribution >= 4 is 28.6 Å². The Balaban J connectivity index is 1.55. The highest BCUT2D eigenvalue weighted by atomic mass is 16.1. The molecule has 3 heterocycles. The van der Waals surface area contributed by atoms with E-state index in [4.69, 9.17) is 15.7 Å². The van der Waals surface area contributed by atoms with E-state index in [1.54, 1.807) is 6.20 Å². The summed E-state index contributed by atoms with van der Waals surface area (Å²) in [6.45, 7) is 5.69. The predicted octanol–water partition coefficient (Wildman–Crippen LogP) is 2.93. The number of hydrogen-bond donors (Lipinski definition) is 3. The van der Waals surface area contributed by atoms with E-state index >= 15 is 0 Å². The molecule has 3 aromatic rings. The first-order chi connectivity index (χ1) is 16.0. The fourth-order valence-corrected chi connectivity index (χ4v) is 4.88. The van der Waals surface area contributed by atoms with Crippen LogP contribution in [0.1, 0.15) is 47.2 Å². The molecular weight excluding hydrogens is 414 g/mol. The van der Waals surface area contributed by atoms with Crippen LogP contribution in [0.4, 0.5) is 11.8 Å². The molecule has 2 aliphatic rings. The Morgan fingerprint density at radius 3 is 2.52 bits per heavy atom. The maximum Gasteiger partial charge on any atom is 0.229 e. The van der Waals surface area contributed by atoms with Crippen LogP contribution in [0.25, 0.3) is 11.0 Å². The number of anilines is 2. The van der Waals surface area contributed by atoms with Gasteiger partial charge in [-0.1, -0.05) is 24.3 Å². The van der Waals surface area contributed by atoms with Gasteiger partial charge in [-0.2, -0.15) is 9.97 Å². The Labute approximate surface area is 194 Å².